The molecular formula is C17H26ClN3O3S. The monoisotopic (exact) mass is 387 g/mol. The van der Waals surface area contributed by atoms with E-state index in [9.17, 15) is 13.2 Å². The number of likely N-dealkylation sites (N-methyl/N-ethyl adjacent to an activating group) is 1. The van der Waals surface area contributed by atoms with E-state index in [4.69, 9.17) is 11.6 Å². The molecule has 0 aromatic heterocycles. The second kappa shape index (κ2) is 8.98. The molecule has 1 aromatic carbocycles. The Hall–Kier alpha value is -1.15. The van der Waals surface area contributed by atoms with E-state index in [2.05, 4.69) is 12.2 Å². The van der Waals surface area contributed by atoms with Gasteiger partial charge in [0.2, 0.25) is 15.9 Å². The lowest BCUT2D eigenvalue weighted by Gasteiger charge is -2.33. The van der Waals surface area contributed by atoms with Crippen LogP contribution in [0.1, 0.15) is 19.8 Å². The molecule has 1 heterocycles. The van der Waals surface area contributed by atoms with E-state index in [0.29, 0.717) is 24.0 Å². The summed E-state index contributed by atoms with van der Waals surface area (Å²) < 4.78 is 26.2. The third kappa shape index (κ3) is 5.41. The van der Waals surface area contributed by atoms with Gasteiger partial charge in [0.25, 0.3) is 0 Å². The Morgan fingerprint density at radius 2 is 1.88 bits per heavy atom. The van der Waals surface area contributed by atoms with Crippen molar-refractivity contribution in [1.29, 1.82) is 0 Å². The Balaban J connectivity index is 1.91. The maximum absolute atomic E-state index is 12.5. The zero-order valence-electron chi connectivity index (χ0n) is 14.7. The summed E-state index contributed by atoms with van der Waals surface area (Å²) in [6.07, 6.45) is 1.90. The van der Waals surface area contributed by atoms with E-state index in [0.717, 1.165) is 30.2 Å². The van der Waals surface area contributed by atoms with Gasteiger partial charge in [0, 0.05) is 25.2 Å². The standard InChI is InChI=1S/C17H26ClN3O3S/c1-3-19-12-14-8-10-21(11-9-14)17(22)13-20(2)25(23,24)16-6-4-15(18)5-7-16/h4-7,14,19H,3,8-13H2,1-2H3. The number of likely N-dealkylation sites (tertiary alicyclic amines) is 1. The SMILES string of the molecule is CCNCC1CCN(C(=O)CN(C)S(=O)(=O)c2ccc(Cl)cc2)CC1. The molecule has 140 valence electrons. The minimum Gasteiger partial charge on any atom is -0.342 e. The van der Waals surface area contributed by atoms with Crippen LogP contribution < -0.4 is 5.32 Å². The second-order valence-electron chi connectivity index (χ2n) is 6.35. The largest absolute Gasteiger partial charge is 0.342 e. The van der Waals surface area contributed by atoms with Crippen molar-refractivity contribution in [1.82, 2.24) is 14.5 Å². The Morgan fingerprint density at radius 3 is 2.44 bits per heavy atom. The number of hydrogen-bond donors (Lipinski definition) is 1. The number of sulfonamides is 1. The summed E-state index contributed by atoms with van der Waals surface area (Å²) in [6.45, 7) is 5.22. The fourth-order valence-corrected chi connectivity index (χ4v) is 4.14. The number of hydrogen-bond acceptors (Lipinski definition) is 4. The summed E-state index contributed by atoms with van der Waals surface area (Å²) in [4.78, 5) is 14.3. The maximum atomic E-state index is 12.5. The Bertz CT molecular complexity index is 671. The predicted molar refractivity (Wildman–Crippen MR) is 99.1 cm³/mol. The van der Waals surface area contributed by atoms with Crippen LogP contribution in [0.2, 0.25) is 5.02 Å². The quantitative estimate of drug-likeness (QED) is 0.774. The average Bonchev–Trinajstić information content (AvgIpc) is 2.60. The minimum atomic E-state index is -3.70. The molecule has 1 aliphatic rings. The first-order chi connectivity index (χ1) is 11.8. The highest BCUT2D eigenvalue weighted by molar-refractivity contribution is 7.89. The van der Waals surface area contributed by atoms with Crippen LogP contribution in [0.5, 0.6) is 0 Å². The molecule has 1 N–H and O–H groups in total. The first-order valence-corrected chi connectivity index (χ1v) is 10.4. The molecule has 1 saturated heterocycles. The lowest BCUT2D eigenvalue weighted by atomic mass is 9.97. The van der Waals surface area contributed by atoms with Gasteiger partial charge in [-0.15, -0.1) is 0 Å². The van der Waals surface area contributed by atoms with E-state index in [1.54, 1.807) is 4.90 Å². The van der Waals surface area contributed by atoms with Crippen LogP contribution in [-0.2, 0) is 14.8 Å². The molecule has 0 atom stereocenters. The summed E-state index contributed by atoms with van der Waals surface area (Å²) in [5.74, 6) is 0.432. The van der Waals surface area contributed by atoms with Crippen molar-refractivity contribution in [3.05, 3.63) is 29.3 Å². The molecule has 1 aliphatic heterocycles. The van der Waals surface area contributed by atoms with Crippen LogP contribution in [-0.4, -0.2) is 63.3 Å². The van der Waals surface area contributed by atoms with Gasteiger partial charge in [-0.3, -0.25) is 4.79 Å². The van der Waals surface area contributed by atoms with Crippen molar-refractivity contribution in [3.8, 4) is 0 Å². The van der Waals surface area contributed by atoms with Crippen LogP contribution in [0.4, 0.5) is 0 Å². The molecule has 1 amide bonds. The van der Waals surface area contributed by atoms with E-state index in [1.807, 2.05) is 0 Å². The number of nitrogens with one attached hydrogen (secondary N) is 1. The Morgan fingerprint density at radius 1 is 1.28 bits per heavy atom. The van der Waals surface area contributed by atoms with Crippen molar-refractivity contribution in [2.75, 3.05) is 39.8 Å². The van der Waals surface area contributed by atoms with Gasteiger partial charge >= 0.3 is 0 Å². The first-order valence-electron chi connectivity index (χ1n) is 8.55. The van der Waals surface area contributed by atoms with Gasteiger partial charge < -0.3 is 10.2 Å². The molecule has 0 radical (unpaired) electrons. The van der Waals surface area contributed by atoms with E-state index in [1.165, 1.54) is 31.3 Å². The third-order valence-corrected chi connectivity index (χ3v) is 6.60. The molecule has 0 unspecified atom stereocenters. The highest BCUT2D eigenvalue weighted by Gasteiger charge is 2.27. The lowest BCUT2D eigenvalue weighted by molar-refractivity contribution is -0.132. The first kappa shape index (κ1) is 20.2. The Kier molecular flexibility index (Phi) is 7.25. The summed E-state index contributed by atoms with van der Waals surface area (Å²) in [5, 5.41) is 3.81. The molecule has 0 bridgehead atoms. The highest BCUT2D eigenvalue weighted by atomic mass is 35.5. The van der Waals surface area contributed by atoms with Gasteiger partial charge in [0.05, 0.1) is 11.4 Å². The van der Waals surface area contributed by atoms with Gasteiger partial charge in [-0.25, -0.2) is 8.42 Å². The van der Waals surface area contributed by atoms with Crippen molar-refractivity contribution in [3.63, 3.8) is 0 Å². The normalized spacial score (nSPS) is 16.4. The number of halogens is 1. The van der Waals surface area contributed by atoms with Gasteiger partial charge in [0.1, 0.15) is 0 Å². The minimum absolute atomic E-state index is 0.136. The molecular weight excluding hydrogens is 362 g/mol. The third-order valence-electron chi connectivity index (χ3n) is 4.53. The van der Waals surface area contributed by atoms with Gasteiger partial charge in [-0.05, 0) is 56.1 Å². The number of carbonyl (C=O) groups is 1. The second-order valence-corrected chi connectivity index (χ2v) is 8.83. The molecule has 8 heteroatoms. The van der Waals surface area contributed by atoms with Crippen molar-refractivity contribution in [2.45, 2.75) is 24.7 Å². The zero-order valence-corrected chi connectivity index (χ0v) is 16.3. The van der Waals surface area contributed by atoms with E-state index in [-0.39, 0.29) is 17.3 Å². The van der Waals surface area contributed by atoms with Gasteiger partial charge in [-0.2, -0.15) is 4.31 Å². The molecule has 0 saturated carbocycles. The Labute approximate surface area is 155 Å². The zero-order chi connectivity index (χ0) is 18.4. The highest BCUT2D eigenvalue weighted by Crippen LogP contribution is 2.19. The fraction of sp³-hybridized carbons (Fsp3) is 0.588. The predicted octanol–water partition coefficient (Wildman–Crippen LogP) is 1.81. The number of amides is 1. The molecule has 1 aromatic rings. The van der Waals surface area contributed by atoms with Gasteiger partial charge in [0.15, 0.2) is 0 Å². The fourth-order valence-electron chi connectivity index (χ4n) is 2.90. The summed E-state index contributed by atoms with van der Waals surface area (Å²) in [5.41, 5.74) is 0. The van der Waals surface area contributed by atoms with Crippen LogP contribution in [0.3, 0.4) is 0 Å². The number of benzene rings is 1. The summed E-state index contributed by atoms with van der Waals surface area (Å²) in [6, 6.07) is 5.95. The molecule has 6 nitrogen and oxygen atoms in total. The number of carbonyl (C=O) groups excluding carboxylic acids is 1. The van der Waals surface area contributed by atoms with E-state index < -0.39 is 10.0 Å². The van der Waals surface area contributed by atoms with Crippen LogP contribution in [0.15, 0.2) is 29.2 Å². The van der Waals surface area contributed by atoms with Crippen molar-refractivity contribution >= 4 is 27.5 Å². The van der Waals surface area contributed by atoms with Crippen LogP contribution in [0, 0.1) is 5.92 Å². The van der Waals surface area contributed by atoms with Crippen molar-refractivity contribution < 1.29 is 13.2 Å². The number of piperidine rings is 1. The van der Waals surface area contributed by atoms with Gasteiger partial charge in [-0.1, -0.05) is 18.5 Å². The maximum Gasteiger partial charge on any atom is 0.243 e. The van der Waals surface area contributed by atoms with E-state index >= 15 is 0 Å². The van der Waals surface area contributed by atoms with Crippen molar-refractivity contribution in [2.24, 2.45) is 5.92 Å². The smallest absolute Gasteiger partial charge is 0.243 e. The van der Waals surface area contributed by atoms with Crippen LogP contribution >= 0.6 is 11.6 Å². The number of rotatable bonds is 7. The molecule has 1 fully saturated rings. The number of nitrogens with zero attached hydrogens (tertiary/aromatic N) is 2. The van der Waals surface area contributed by atoms with Crippen LogP contribution in [0.25, 0.3) is 0 Å². The average molecular weight is 388 g/mol. The molecule has 0 aliphatic carbocycles. The lowest BCUT2D eigenvalue weighted by Crippen LogP contribution is -2.45. The summed E-state index contributed by atoms with van der Waals surface area (Å²) in [7, 11) is -2.26. The molecule has 0 spiro atoms. The molecule has 2 rings (SSSR count). The molecule has 25 heavy (non-hydrogen) atoms. The topological polar surface area (TPSA) is 69.7 Å². The summed E-state index contributed by atoms with van der Waals surface area (Å²) >= 11 is 5.80.